The summed E-state index contributed by atoms with van der Waals surface area (Å²) < 4.78 is 50.6. The molecule has 0 saturated heterocycles. The van der Waals surface area contributed by atoms with Gasteiger partial charge in [0.15, 0.2) is 16.6 Å². The second-order valence-corrected chi connectivity index (χ2v) is 6.47. The number of fused-ring (bicyclic) bond motifs is 1. The molecule has 1 N–H and O–H groups in total. The zero-order valence-corrected chi connectivity index (χ0v) is 14.2. The van der Waals surface area contributed by atoms with E-state index in [4.69, 9.17) is 9.47 Å². The molecule has 0 bridgehead atoms. The second-order valence-electron chi connectivity index (χ2n) is 5.58. The summed E-state index contributed by atoms with van der Waals surface area (Å²) in [5.41, 5.74) is 0.822. The Labute approximate surface area is 151 Å². The standard InChI is InChI=1S/C18H13F3N2O2S/c19-18(20,21)12-2-3-14(23-17-22-5-8-26-17)13(10-12)11-1-4-15-16(9-11)25-7-6-24-15/h1-5,8-10H,6-7H2,(H,22,23). The summed E-state index contributed by atoms with van der Waals surface area (Å²) in [4.78, 5) is 4.13. The average molecular weight is 378 g/mol. The molecule has 1 aliphatic heterocycles. The van der Waals surface area contributed by atoms with Crippen LogP contribution in [-0.2, 0) is 6.18 Å². The van der Waals surface area contributed by atoms with Gasteiger partial charge in [-0.2, -0.15) is 13.2 Å². The summed E-state index contributed by atoms with van der Waals surface area (Å²) in [5.74, 6) is 1.10. The lowest BCUT2D eigenvalue weighted by molar-refractivity contribution is -0.137. The van der Waals surface area contributed by atoms with Crippen molar-refractivity contribution >= 4 is 22.2 Å². The number of hydrogen-bond acceptors (Lipinski definition) is 5. The van der Waals surface area contributed by atoms with Gasteiger partial charge in [-0.1, -0.05) is 6.07 Å². The Balaban J connectivity index is 1.81. The van der Waals surface area contributed by atoms with Crippen molar-refractivity contribution in [2.45, 2.75) is 6.18 Å². The molecule has 0 spiro atoms. The quantitative estimate of drug-likeness (QED) is 0.668. The Bertz CT molecular complexity index is 927. The summed E-state index contributed by atoms with van der Waals surface area (Å²) in [6.45, 7) is 0.857. The van der Waals surface area contributed by atoms with Gasteiger partial charge in [-0.3, -0.25) is 0 Å². The molecule has 2 aromatic carbocycles. The van der Waals surface area contributed by atoms with Crippen LogP contribution in [0.3, 0.4) is 0 Å². The maximum atomic E-state index is 13.2. The van der Waals surface area contributed by atoms with Crippen LogP contribution in [0.1, 0.15) is 5.56 Å². The first-order valence-electron chi connectivity index (χ1n) is 7.78. The molecule has 3 aromatic rings. The molecule has 1 aliphatic rings. The first-order valence-corrected chi connectivity index (χ1v) is 8.66. The van der Waals surface area contributed by atoms with Crippen molar-refractivity contribution < 1.29 is 22.6 Å². The molecule has 4 rings (SSSR count). The number of rotatable bonds is 3. The van der Waals surface area contributed by atoms with Crippen molar-refractivity contribution in [3.8, 4) is 22.6 Å². The topological polar surface area (TPSA) is 43.4 Å². The van der Waals surface area contributed by atoms with Gasteiger partial charge in [0, 0.05) is 22.8 Å². The third-order valence-electron chi connectivity index (χ3n) is 3.87. The summed E-state index contributed by atoms with van der Waals surface area (Å²) in [6, 6.07) is 8.71. The van der Waals surface area contributed by atoms with E-state index in [1.54, 1.807) is 29.8 Å². The Morgan fingerprint density at radius 2 is 1.81 bits per heavy atom. The Kier molecular flexibility index (Phi) is 4.20. The smallest absolute Gasteiger partial charge is 0.416 e. The fourth-order valence-corrected chi connectivity index (χ4v) is 3.22. The average Bonchev–Trinajstić information content (AvgIpc) is 3.14. The maximum Gasteiger partial charge on any atom is 0.416 e. The fraction of sp³-hybridized carbons (Fsp3) is 0.167. The van der Waals surface area contributed by atoms with Crippen molar-refractivity contribution in [2.24, 2.45) is 0 Å². The van der Waals surface area contributed by atoms with Crippen LogP contribution in [0.15, 0.2) is 48.0 Å². The number of nitrogens with zero attached hydrogens (tertiary/aromatic N) is 1. The Morgan fingerprint density at radius 1 is 1.00 bits per heavy atom. The fourth-order valence-electron chi connectivity index (χ4n) is 2.68. The molecule has 0 saturated carbocycles. The van der Waals surface area contributed by atoms with Gasteiger partial charge in [0.05, 0.1) is 5.56 Å². The van der Waals surface area contributed by atoms with Gasteiger partial charge in [0.25, 0.3) is 0 Å². The molecular weight excluding hydrogens is 365 g/mol. The summed E-state index contributed by atoms with van der Waals surface area (Å²) in [6.07, 6.45) is -2.80. The van der Waals surface area contributed by atoms with Gasteiger partial charge in [-0.15, -0.1) is 11.3 Å². The molecular formula is C18H13F3N2O2S. The van der Waals surface area contributed by atoms with E-state index in [2.05, 4.69) is 10.3 Å². The number of aromatic nitrogens is 1. The molecule has 8 heteroatoms. The zero-order valence-electron chi connectivity index (χ0n) is 13.3. The minimum atomic E-state index is -4.43. The van der Waals surface area contributed by atoms with Crippen LogP contribution in [-0.4, -0.2) is 18.2 Å². The van der Waals surface area contributed by atoms with Crippen molar-refractivity contribution in [3.63, 3.8) is 0 Å². The van der Waals surface area contributed by atoms with E-state index in [-0.39, 0.29) is 0 Å². The van der Waals surface area contributed by atoms with Crippen molar-refractivity contribution in [2.75, 3.05) is 18.5 Å². The molecule has 0 fully saturated rings. The molecule has 26 heavy (non-hydrogen) atoms. The van der Waals surface area contributed by atoms with E-state index in [1.807, 2.05) is 0 Å². The van der Waals surface area contributed by atoms with Crippen LogP contribution >= 0.6 is 11.3 Å². The number of halogens is 3. The summed E-state index contributed by atoms with van der Waals surface area (Å²) in [7, 11) is 0. The third kappa shape index (κ3) is 3.32. The van der Waals surface area contributed by atoms with Crippen molar-refractivity contribution in [3.05, 3.63) is 53.5 Å². The van der Waals surface area contributed by atoms with Crippen molar-refractivity contribution in [1.82, 2.24) is 4.98 Å². The summed E-state index contributed by atoms with van der Waals surface area (Å²) in [5, 5.41) is 5.47. The molecule has 134 valence electrons. The monoisotopic (exact) mass is 378 g/mol. The van der Waals surface area contributed by atoms with E-state index in [0.29, 0.717) is 46.7 Å². The number of thiazole rings is 1. The number of nitrogens with one attached hydrogen (secondary N) is 1. The minimum absolute atomic E-state index is 0.406. The molecule has 0 radical (unpaired) electrons. The molecule has 1 aromatic heterocycles. The van der Waals surface area contributed by atoms with Crippen LogP contribution in [0.5, 0.6) is 11.5 Å². The highest BCUT2D eigenvalue weighted by molar-refractivity contribution is 7.13. The highest BCUT2D eigenvalue weighted by atomic mass is 32.1. The van der Waals surface area contributed by atoms with Crippen LogP contribution in [0.4, 0.5) is 24.0 Å². The number of benzene rings is 2. The number of ether oxygens (including phenoxy) is 2. The molecule has 2 heterocycles. The normalized spacial score (nSPS) is 13.5. The number of alkyl halides is 3. The number of anilines is 2. The Hall–Kier alpha value is -2.74. The van der Waals surface area contributed by atoms with Crippen molar-refractivity contribution in [1.29, 1.82) is 0 Å². The first kappa shape index (κ1) is 16.7. The van der Waals surface area contributed by atoms with Crippen LogP contribution in [0, 0.1) is 0 Å². The lowest BCUT2D eigenvalue weighted by Gasteiger charge is -2.20. The maximum absolute atomic E-state index is 13.2. The summed E-state index contributed by atoms with van der Waals surface area (Å²) >= 11 is 1.37. The van der Waals surface area contributed by atoms with Crippen LogP contribution < -0.4 is 14.8 Å². The SMILES string of the molecule is FC(F)(F)c1ccc(Nc2nccs2)c(-c2ccc3c(c2)OCCO3)c1. The highest BCUT2D eigenvalue weighted by Crippen LogP contribution is 2.40. The van der Waals surface area contributed by atoms with Gasteiger partial charge in [-0.25, -0.2) is 4.98 Å². The molecule has 0 amide bonds. The van der Waals surface area contributed by atoms with Crippen LogP contribution in [0.25, 0.3) is 11.1 Å². The largest absolute Gasteiger partial charge is 0.486 e. The third-order valence-corrected chi connectivity index (χ3v) is 4.56. The molecule has 4 nitrogen and oxygen atoms in total. The van der Waals surface area contributed by atoms with Gasteiger partial charge < -0.3 is 14.8 Å². The van der Waals surface area contributed by atoms with E-state index in [1.165, 1.54) is 17.4 Å². The lowest BCUT2D eigenvalue weighted by atomic mass is 10.00. The number of hydrogen-bond donors (Lipinski definition) is 1. The first-order chi connectivity index (χ1) is 12.5. The van der Waals surface area contributed by atoms with E-state index in [0.717, 1.165) is 12.1 Å². The molecule has 0 atom stereocenters. The minimum Gasteiger partial charge on any atom is -0.486 e. The van der Waals surface area contributed by atoms with Gasteiger partial charge >= 0.3 is 6.18 Å². The highest BCUT2D eigenvalue weighted by Gasteiger charge is 2.31. The predicted molar refractivity (Wildman–Crippen MR) is 93.3 cm³/mol. The van der Waals surface area contributed by atoms with Crippen LogP contribution in [0.2, 0.25) is 0 Å². The molecule has 0 aliphatic carbocycles. The van der Waals surface area contributed by atoms with E-state index in [9.17, 15) is 13.2 Å². The van der Waals surface area contributed by atoms with Gasteiger partial charge in [-0.05, 0) is 35.9 Å². The second kappa shape index (κ2) is 6.53. The van der Waals surface area contributed by atoms with E-state index < -0.39 is 11.7 Å². The van der Waals surface area contributed by atoms with Gasteiger partial charge in [0.2, 0.25) is 0 Å². The van der Waals surface area contributed by atoms with Gasteiger partial charge in [0.1, 0.15) is 13.2 Å². The zero-order chi connectivity index (χ0) is 18.1. The lowest BCUT2D eigenvalue weighted by Crippen LogP contribution is -2.15. The predicted octanol–water partition coefficient (Wildman–Crippen LogP) is 5.34. The van der Waals surface area contributed by atoms with E-state index >= 15 is 0 Å². The molecule has 0 unspecified atom stereocenters. The Morgan fingerprint density at radius 3 is 2.54 bits per heavy atom.